The minimum absolute atomic E-state index is 0.124. The average molecular weight is 519 g/mol. The first-order valence-corrected chi connectivity index (χ1v) is 10.1. The van der Waals surface area contributed by atoms with Crippen LogP contribution in [0.5, 0.6) is 5.75 Å². The van der Waals surface area contributed by atoms with Crippen LogP contribution in [0, 0.1) is 13.7 Å². The van der Waals surface area contributed by atoms with Gasteiger partial charge in [-0.15, -0.1) is 0 Å². The molecule has 0 fully saturated rings. The molecule has 0 heterocycles. The van der Waals surface area contributed by atoms with Gasteiger partial charge in [0.15, 0.2) is 6.10 Å². The van der Waals surface area contributed by atoms with Gasteiger partial charge in [0.2, 0.25) is 0 Å². The normalized spacial score (nSPS) is 12.6. The second-order valence-electron chi connectivity index (χ2n) is 6.35. The number of carbonyl (C=O) groups is 1. The first kappa shape index (κ1) is 21.7. The molecule has 154 valence electrons. The molecule has 7 nitrogen and oxygen atoms in total. The van der Waals surface area contributed by atoms with Crippen molar-refractivity contribution >= 4 is 34.2 Å². The number of benzene rings is 3. The van der Waals surface area contributed by atoms with Crippen molar-refractivity contribution in [1.82, 2.24) is 0 Å². The van der Waals surface area contributed by atoms with Crippen LogP contribution in [0.2, 0.25) is 0 Å². The zero-order valence-electron chi connectivity index (χ0n) is 15.7. The van der Waals surface area contributed by atoms with Crippen LogP contribution in [0.15, 0.2) is 78.9 Å². The van der Waals surface area contributed by atoms with Crippen LogP contribution < -0.4 is 4.74 Å². The Bertz CT molecular complexity index is 1010. The molecular weight excluding hydrogens is 501 g/mol. The molecule has 0 aliphatic heterocycles. The van der Waals surface area contributed by atoms with Crippen molar-refractivity contribution in [3.63, 3.8) is 0 Å². The van der Waals surface area contributed by atoms with Gasteiger partial charge in [-0.05, 0) is 52.4 Å². The first-order valence-electron chi connectivity index (χ1n) is 9.01. The van der Waals surface area contributed by atoms with Gasteiger partial charge < -0.3 is 14.6 Å². The molecule has 0 unspecified atom stereocenters. The lowest BCUT2D eigenvalue weighted by Gasteiger charge is -2.25. The Kier molecular flexibility index (Phi) is 7.36. The van der Waals surface area contributed by atoms with E-state index in [9.17, 15) is 20.0 Å². The fourth-order valence-corrected chi connectivity index (χ4v) is 3.25. The summed E-state index contributed by atoms with van der Waals surface area (Å²) in [6, 6.07) is 21.6. The summed E-state index contributed by atoms with van der Waals surface area (Å²) in [5.41, 5.74) is 0.764. The number of halogens is 1. The van der Waals surface area contributed by atoms with E-state index in [1.807, 2.05) is 48.5 Å². The highest BCUT2D eigenvalue weighted by Gasteiger charge is 2.26. The number of nitro benzene ring substituents is 1. The highest BCUT2D eigenvalue weighted by atomic mass is 127. The maximum absolute atomic E-state index is 12.3. The van der Waals surface area contributed by atoms with Crippen molar-refractivity contribution in [3.8, 4) is 5.75 Å². The predicted octanol–water partition coefficient (Wildman–Crippen LogP) is 4.54. The summed E-state index contributed by atoms with van der Waals surface area (Å²) < 4.78 is 12.2. The lowest BCUT2D eigenvalue weighted by atomic mass is 10.0. The quantitative estimate of drug-likeness (QED) is 0.203. The van der Waals surface area contributed by atoms with E-state index >= 15 is 0 Å². The zero-order chi connectivity index (χ0) is 21.5. The lowest BCUT2D eigenvalue weighted by molar-refractivity contribution is -0.384. The van der Waals surface area contributed by atoms with E-state index in [1.54, 1.807) is 6.07 Å². The molecule has 0 spiro atoms. The average Bonchev–Trinajstić information content (AvgIpc) is 2.77. The highest BCUT2D eigenvalue weighted by Crippen LogP contribution is 2.29. The summed E-state index contributed by atoms with van der Waals surface area (Å²) in [5, 5.41) is 21.5. The van der Waals surface area contributed by atoms with Crippen molar-refractivity contribution in [2.24, 2.45) is 0 Å². The first-order chi connectivity index (χ1) is 14.5. The van der Waals surface area contributed by atoms with Gasteiger partial charge >= 0.3 is 5.97 Å². The number of non-ortho nitro benzene ring substituents is 1. The molecule has 0 amide bonds. The molecule has 0 saturated carbocycles. The topological polar surface area (TPSA) is 98.9 Å². The highest BCUT2D eigenvalue weighted by molar-refractivity contribution is 14.1. The van der Waals surface area contributed by atoms with Gasteiger partial charge in [-0.2, -0.15) is 0 Å². The Labute approximate surface area is 186 Å². The predicted molar refractivity (Wildman–Crippen MR) is 118 cm³/mol. The second-order valence-corrected chi connectivity index (χ2v) is 7.51. The fourth-order valence-electron chi connectivity index (χ4n) is 2.74. The molecule has 2 atom stereocenters. The zero-order valence-corrected chi connectivity index (χ0v) is 17.8. The van der Waals surface area contributed by atoms with Crippen LogP contribution in [0.1, 0.15) is 22.0 Å². The van der Waals surface area contributed by atoms with Crippen LogP contribution in [0.3, 0.4) is 0 Å². The number of rotatable bonds is 8. The van der Waals surface area contributed by atoms with E-state index in [-0.39, 0.29) is 17.9 Å². The number of hydrogen-bond donors (Lipinski definition) is 1. The number of aliphatic hydroxyl groups excluding tert-OH is 1. The van der Waals surface area contributed by atoms with E-state index in [2.05, 4.69) is 22.6 Å². The minimum atomic E-state index is -1.13. The van der Waals surface area contributed by atoms with Crippen molar-refractivity contribution < 1.29 is 24.3 Å². The van der Waals surface area contributed by atoms with Gasteiger partial charge in [0.25, 0.3) is 5.69 Å². The Morgan fingerprint density at radius 1 is 1.00 bits per heavy atom. The Morgan fingerprint density at radius 3 is 2.27 bits per heavy atom. The molecule has 0 aliphatic carbocycles. The molecule has 0 radical (unpaired) electrons. The van der Waals surface area contributed by atoms with E-state index in [1.165, 1.54) is 24.3 Å². The number of carbonyl (C=O) groups excluding carboxylic acids is 1. The summed E-state index contributed by atoms with van der Waals surface area (Å²) >= 11 is 2.14. The third kappa shape index (κ3) is 5.55. The monoisotopic (exact) mass is 519 g/mol. The van der Waals surface area contributed by atoms with Gasteiger partial charge in [-0.3, -0.25) is 10.1 Å². The number of ether oxygens (including phenoxy) is 2. The summed E-state index contributed by atoms with van der Waals surface area (Å²) in [5.74, 6) is -0.0854. The van der Waals surface area contributed by atoms with E-state index < -0.39 is 23.1 Å². The van der Waals surface area contributed by atoms with E-state index in [4.69, 9.17) is 9.47 Å². The number of esters is 1. The van der Waals surface area contributed by atoms with Crippen molar-refractivity contribution in [1.29, 1.82) is 0 Å². The molecule has 3 aromatic carbocycles. The minimum Gasteiger partial charge on any atom is -0.482 e. The smallest absolute Gasteiger partial charge is 0.338 e. The van der Waals surface area contributed by atoms with Gasteiger partial charge in [0, 0.05) is 12.1 Å². The maximum atomic E-state index is 12.3. The van der Waals surface area contributed by atoms with Crippen molar-refractivity contribution in [2.75, 3.05) is 6.61 Å². The third-order valence-electron chi connectivity index (χ3n) is 4.27. The number of nitro groups is 1. The Balaban J connectivity index is 1.71. The Hall–Kier alpha value is -2.98. The molecule has 0 aromatic heterocycles. The number of nitrogens with zero attached hydrogens (tertiary/aromatic N) is 1. The number of para-hydroxylation sites is 1. The number of hydrogen-bond acceptors (Lipinski definition) is 6. The molecule has 0 aliphatic rings. The van der Waals surface area contributed by atoms with Crippen LogP contribution in [0.25, 0.3) is 0 Å². The second kappa shape index (κ2) is 10.2. The molecule has 3 aromatic rings. The Morgan fingerprint density at radius 2 is 1.63 bits per heavy atom. The van der Waals surface area contributed by atoms with Crippen LogP contribution in [0.4, 0.5) is 5.69 Å². The number of aliphatic hydroxyl groups is 1. The molecule has 0 saturated heterocycles. The summed E-state index contributed by atoms with van der Waals surface area (Å²) in [4.78, 5) is 22.4. The molecule has 1 N–H and O–H groups in total. The van der Waals surface area contributed by atoms with Crippen LogP contribution in [-0.4, -0.2) is 28.7 Å². The van der Waals surface area contributed by atoms with Crippen molar-refractivity contribution in [3.05, 3.63) is 104 Å². The van der Waals surface area contributed by atoms with Gasteiger partial charge in [0.05, 0.1) is 14.1 Å². The third-order valence-corrected chi connectivity index (χ3v) is 5.16. The molecule has 0 bridgehead atoms. The molecule has 30 heavy (non-hydrogen) atoms. The van der Waals surface area contributed by atoms with E-state index in [0.29, 0.717) is 5.75 Å². The van der Waals surface area contributed by atoms with Crippen LogP contribution >= 0.6 is 22.6 Å². The van der Waals surface area contributed by atoms with Gasteiger partial charge in [-0.25, -0.2) is 4.79 Å². The van der Waals surface area contributed by atoms with Gasteiger partial charge in [0.1, 0.15) is 18.5 Å². The largest absolute Gasteiger partial charge is 0.482 e. The van der Waals surface area contributed by atoms with E-state index in [0.717, 1.165) is 9.13 Å². The van der Waals surface area contributed by atoms with Crippen LogP contribution in [-0.2, 0) is 4.74 Å². The molecule has 3 rings (SSSR count). The fraction of sp³-hybridized carbons (Fsp3) is 0.136. The summed E-state index contributed by atoms with van der Waals surface area (Å²) in [6.07, 6.45) is -1.89. The standard InChI is InChI=1S/C22H18INO6/c23-18-8-4-5-9-20(18)30-21(15-6-2-1-3-7-15)19(25)14-29-22(26)16-10-12-17(13-11-16)24(27)28/h1-13,19,21,25H,14H2/t19-,21+/m0/s1. The lowest BCUT2D eigenvalue weighted by Crippen LogP contribution is -2.29. The molecular formula is C22H18INO6. The summed E-state index contributed by atoms with van der Waals surface area (Å²) in [7, 11) is 0. The van der Waals surface area contributed by atoms with Crippen molar-refractivity contribution in [2.45, 2.75) is 12.2 Å². The summed E-state index contributed by atoms with van der Waals surface area (Å²) in [6.45, 7) is -0.307. The molecule has 8 heteroatoms. The van der Waals surface area contributed by atoms with Gasteiger partial charge in [-0.1, -0.05) is 42.5 Å². The SMILES string of the molecule is O=C(OC[C@H](O)[C@H](Oc1ccccc1I)c1ccccc1)c1ccc([N+](=O)[O-])cc1. The maximum Gasteiger partial charge on any atom is 0.338 e.